The maximum atomic E-state index is 12.0. The lowest BCUT2D eigenvalue weighted by molar-refractivity contribution is -0.117. The minimum atomic E-state index is -3.96. The molecule has 9 heteroatoms. The predicted octanol–water partition coefficient (Wildman–Crippen LogP) is 0.872. The Morgan fingerprint density at radius 1 is 1.23 bits per heavy atom. The number of carbonyl (C=O) groups is 1. The largest absolute Gasteiger partial charge is 0.506 e. The molecule has 26 heavy (non-hydrogen) atoms. The van der Waals surface area contributed by atoms with Crippen molar-refractivity contribution in [2.75, 3.05) is 18.0 Å². The summed E-state index contributed by atoms with van der Waals surface area (Å²) >= 11 is 0. The number of hydrogen-bond donors (Lipinski definition) is 3. The van der Waals surface area contributed by atoms with Crippen molar-refractivity contribution < 1.29 is 23.1 Å². The molecule has 3 rings (SSSR count). The third-order valence-corrected chi connectivity index (χ3v) is 5.36. The number of phenolic OH excluding ortho intramolecular Hbond substituents is 1. The van der Waals surface area contributed by atoms with Crippen LogP contribution >= 0.6 is 0 Å². The average Bonchev–Trinajstić information content (AvgIpc) is 2.89. The first-order valence-electron chi connectivity index (χ1n) is 7.88. The normalized spacial score (nSPS) is 15.7. The standard InChI is InChI=1S/C17H19N3O5S/c1-25-16-5-3-2-4-13(16)10-18-9-12-6-7-15(21)14(8-12)20-11-17(22)19-26(20,23)24/h2-8,18,21H,9-11H2,1H3,(H,19,22). The lowest BCUT2D eigenvalue weighted by Gasteiger charge is -2.17. The highest BCUT2D eigenvalue weighted by Crippen LogP contribution is 2.31. The Labute approximate surface area is 151 Å². The number of aromatic hydroxyl groups is 1. The van der Waals surface area contributed by atoms with Crippen LogP contribution in [-0.4, -0.2) is 33.1 Å². The SMILES string of the molecule is COc1ccccc1CNCc1ccc(O)c(N2CC(=O)NS2(=O)=O)c1. The van der Waals surface area contributed by atoms with Crippen molar-refractivity contribution in [3.63, 3.8) is 0 Å². The molecule has 0 aromatic heterocycles. The maximum Gasteiger partial charge on any atom is 0.326 e. The van der Waals surface area contributed by atoms with Crippen molar-refractivity contribution in [1.82, 2.24) is 10.0 Å². The number of nitrogens with zero attached hydrogens (tertiary/aromatic N) is 1. The number of hydrogen-bond acceptors (Lipinski definition) is 6. The molecule has 0 unspecified atom stereocenters. The molecular formula is C17H19N3O5S. The Balaban J connectivity index is 1.73. The molecule has 0 spiro atoms. The molecule has 2 aromatic carbocycles. The van der Waals surface area contributed by atoms with Crippen molar-refractivity contribution >= 4 is 21.8 Å². The monoisotopic (exact) mass is 377 g/mol. The van der Waals surface area contributed by atoms with Crippen molar-refractivity contribution in [1.29, 1.82) is 0 Å². The first kappa shape index (κ1) is 18.0. The molecule has 0 aliphatic carbocycles. The Morgan fingerprint density at radius 3 is 2.69 bits per heavy atom. The zero-order valence-corrected chi connectivity index (χ0v) is 14.9. The molecule has 138 valence electrons. The summed E-state index contributed by atoms with van der Waals surface area (Å²) < 4.78 is 32.0. The van der Waals surface area contributed by atoms with Crippen LogP contribution in [0.3, 0.4) is 0 Å². The fourth-order valence-electron chi connectivity index (χ4n) is 2.73. The molecule has 2 aromatic rings. The summed E-state index contributed by atoms with van der Waals surface area (Å²) in [7, 11) is -2.36. The molecule has 3 N–H and O–H groups in total. The van der Waals surface area contributed by atoms with Crippen LogP contribution in [0.25, 0.3) is 0 Å². The van der Waals surface area contributed by atoms with Crippen LogP contribution in [0.15, 0.2) is 42.5 Å². The van der Waals surface area contributed by atoms with Gasteiger partial charge in [0.05, 0.1) is 12.8 Å². The molecule has 1 aliphatic heterocycles. The smallest absolute Gasteiger partial charge is 0.326 e. The quantitative estimate of drug-likeness (QED) is 0.690. The van der Waals surface area contributed by atoms with Gasteiger partial charge in [-0.3, -0.25) is 4.79 Å². The van der Waals surface area contributed by atoms with Gasteiger partial charge in [-0.05, 0) is 23.8 Å². The van der Waals surface area contributed by atoms with E-state index in [0.29, 0.717) is 13.1 Å². The summed E-state index contributed by atoms with van der Waals surface area (Å²) in [5.41, 5.74) is 1.83. The van der Waals surface area contributed by atoms with E-state index in [2.05, 4.69) is 5.32 Å². The summed E-state index contributed by atoms with van der Waals surface area (Å²) in [6.07, 6.45) is 0. The van der Waals surface area contributed by atoms with Crippen LogP contribution in [0.1, 0.15) is 11.1 Å². The molecule has 0 radical (unpaired) electrons. The van der Waals surface area contributed by atoms with Crippen molar-refractivity contribution in [3.8, 4) is 11.5 Å². The van der Waals surface area contributed by atoms with Gasteiger partial charge in [-0.2, -0.15) is 8.42 Å². The van der Waals surface area contributed by atoms with Gasteiger partial charge in [0, 0.05) is 18.7 Å². The van der Waals surface area contributed by atoms with Gasteiger partial charge in [-0.25, -0.2) is 9.03 Å². The minimum absolute atomic E-state index is 0.0694. The first-order valence-corrected chi connectivity index (χ1v) is 9.32. The van der Waals surface area contributed by atoms with Gasteiger partial charge in [0.15, 0.2) is 0 Å². The highest BCUT2D eigenvalue weighted by atomic mass is 32.2. The number of benzene rings is 2. The topological polar surface area (TPSA) is 108 Å². The first-order chi connectivity index (χ1) is 12.4. The fourth-order valence-corrected chi connectivity index (χ4v) is 3.89. The van der Waals surface area contributed by atoms with E-state index in [-0.39, 0.29) is 18.0 Å². The van der Waals surface area contributed by atoms with E-state index in [9.17, 15) is 18.3 Å². The molecule has 0 atom stereocenters. The van der Waals surface area contributed by atoms with Crippen LogP contribution < -0.4 is 19.1 Å². The lowest BCUT2D eigenvalue weighted by atomic mass is 10.1. The second kappa shape index (κ2) is 7.22. The average molecular weight is 377 g/mol. The molecule has 1 amide bonds. The van der Waals surface area contributed by atoms with E-state index in [1.54, 1.807) is 19.2 Å². The molecule has 8 nitrogen and oxygen atoms in total. The third kappa shape index (κ3) is 3.73. The zero-order valence-electron chi connectivity index (χ0n) is 14.1. The lowest BCUT2D eigenvalue weighted by Crippen LogP contribution is -2.29. The number of amides is 1. The van der Waals surface area contributed by atoms with E-state index in [1.165, 1.54) is 6.07 Å². The van der Waals surface area contributed by atoms with Gasteiger partial charge in [0.1, 0.15) is 18.0 Å². The van der Waals surface area contributed by atoms with Gasteiger partial charge < -0.3 is 15.2 Å². The van der Waals surface area contributed by atoms with Crippen molar-refractivity contribution in [2.45, 2.75) is 13.1 Å². The number of nitrogens with one attached hydrogen (secondary N) is 2. The molecule has 1 aliphatic rings. The molecule has 1 heterocycles. The van der Waals surface area contributed by atoms with Crippen LogP contribution in [0, 0.1) is 0 Å². The number of anilines is 1. The fraction of sp³-hybridized carbons (Fsp3) is 0.235. The van der Waals surface area contributed by atoms with E-state index in [0.717, 1.165) is 21.2 Å². The summed E-state index contributed by atoms with van der Waals surface area (Å²) in [4.78, 5) is 11.4. The summed E-state index contributed by atoms with van der Waals surface area (Å²) in [6.45, 7) is 0.650. The Hall–Kier alpha value is -2.78. The molecule has 0 bridgehead atoms. The number of ether oxygens (including phenoxy) is 1. The number of para-hydroxylation sites is 1. The van der Waals surface area contributed by atoms with Crippen LogP contribution in [0.2, 0.25) is 0 Å². The maximum absolute atomic E-state index is 12.0. The van der Waals surface area contributed by atoms with E-state index in [4.69, 9.17) is 4.74 Å². The molecule has 0 saturated carbocycles. The number of phenols is 1. The summed E-state index contributed by atoms with van der Waals surface area (Å²) in [5.74, 6) is -0.0678. The zero-order chi connectivity index (χ0) is 18.7. The van der Waals surface area contributed by atoms with Crippen LogP contribution in [-0.2, 0) is 28.1 Å². The van der Waals surface area contributed by atoms with Crippen LogP contribution in [0.5, 0.6) is 11.5 Å². The Kier molecular flexibility index (Phi) is 5.01. The van der Waals surface area contributed by atoms with Gasteiger partial charge in [-0.1, -0.05) is 24.3 Å². The number of rotatable bonds is 6. The number of methoxy groups -OCH3 is 1. The van der Waals surface area contributed by atoms with E-state index < -0.39 is 16.1 Å². The highest BCUT2D eigenvalue weighted by molar-refractivity contribution is 7.92. The van der Waals surface area contributed by atoms with Crippen molar-refractivity contribution in [3.05, 3.63) is 53.6 Å². The van der Waals surface area contributed by atoms with Gasteiger partial charge in [0.2, 0.25) is 0 Å². The third-order valence-electron chi connectivity index (χ3n) is 3.97. The van der Waals surface area contributed by atoms with Gasteiger partial charge in [-0.15, -0.1) is 0 Å². The second-order valence-electron chi connectivity index (χ2n) is 5.78. The van der Waals surface area contributed by atoms with Gasteiger partial charge >= 0.3 is 10.2 Å². The molecular weight excluding hydrogens is 358 g/mol. The second-order valence-corrected chi connectivity index (χ2v) is 7.37. The van der Waals surface area contributed by atoms with E-state index >= 15 is 0 Å². The van der Waals surface area contributed by atoms with Crippen molar-refractivity contribution in [2.24, 2.45) is 0 Å². The number of carbonyl (C=O) groups excluding carboxylic acids is 1. The van der Waals surface area contributed by atoms with Gasteiger partial charge in [0.25, 0.3) is 5.91 Å². The summed E-state index contributed by atoms with van der Waals surface area (Å²) in [5, 5.41) is 13.3. The molecule has 1 saturated heterocycles. The van der Waals surface area contributed by atoms with Crippen LogP contribution in [0.4, 0.5) is 5.69 Å². The Bertz CT molecular complexity index is 930. The predicted molar refractivity (Wildman–Crippen MR) is 96.1 cm³/mol. The molecule has 1 fully saturated rings. The Morgan fingerprint density at radius 2 is 2.00 bits per heavy atom. The minimum Gasteiger partial charge on any atom is -0.506 e. The summed E-state index contributed by atoms with van der Waals surface area (Å²) in [6, 6.07) is 12.3. The highest BCUT2D eigenvalue weighted by Gasteiger charge is 2.35. The van der Waals surface area contributed by atoms with E-state index in [1.807, 2.05) is 29.0 Å².